The van der Waals surface area contributed by atoms with E-state index in [1.165, 1.54) is 0 Å². The molecule has 1 aromatic carbocycles. The molecular weight excluding hydrogens is 172 g/mol. The molecule has 0 aromatic heterocycles. The molecule has 0 aliphatic heterocycles. The van der Waals surface area contributed by atoms with Crippen LogP contribution >= 0.6 is 0 Å². The fourth-order valence-corrected chi connectivity index (χ4v) is 1.03. The average Bonchev–Trinajstić information content (AvgIpc) is 2.19. The van der Waals surface area contributed by atoms with Crippen LogP contribution in [0.2, 0.25) is 0 Å². The van der Waals surface area contributed by atoms with Gasteiger partial charge >= 0.3 is 0 Å². The molecule has 0 unspecified atom stereocenters. The third-order valence-electron chi connectivity index (χ3n) is 1.78. The second-order valence-corrected chi connectivity index (χ2v) is 3.08. The Kier molecular flexibility index (Phi) is 3.58. The van der Waals surface area contributed by atoms with Crippen LogP contribution in [-0.4, -0.2) is 14.1 Å². The Hall–Kier alpha value is -1.93. The van der Waals surface area contributed by atoms with Gasteiger partial charge in [-0.3, -0.25) is 0 Å². The molecule has 1 aromatic rings. The number of hydrogen-bond acceptors (Lipinski definition) is 2. The molecule has 0 aliphatic rings. The van der Waals surface area contributed by atoms with Crippen LogP contribution in [0.1, 0.15) is 12.0 Å². The van der Waals surface area contributed by atoms with Gasteiger partial charge in [0.25, 0.3) is 0 Å². The fraction of sp³-hybridized carbons (Fsp3) is 0.250. The maximum absolute atomic E-state index is 8.30. The topological polar surface area (TPSA) is 27.0 Å². The average molecular weight is 184 g/mol. The van der Waals surface area contributed by atoms with E-state index in [1.807, 2.05) is 49.3 Å². The minimum Gasteiger partial charge on any atom is -0.378 e. The van der Waals surface area contributed by atoms with Crippen molar-refractivity contribution >= 4 is 5.69 Å². The molecule has 1 rings (SSSR count). The zero-order chi connectivity index (χ0) is 10.4. The Balaban J connectivity index is 2.76. The van der Waals surface area contributed by atoms with Crippen LogP contribution in [0.4, 0.5) is 5.69 Å². The number of hydrogen-bond donors (Lipinski definition) is 0. The van der Waals surface area contributed by atoms with E-state index in [9.17, 15) is 0 Å². The first kappa shape index (κ1) is 10.2. The molecule has 0 fully saturated rings. The molecule has 0 atom stereocenters. The van der Waals surface area contributed by atoms with Crippen LogP contribution in [-0.2, 0) is 0 Å². The van der Waals surface area contributed by atoms with E-state index in [-0.39, 0.29) is 6.42 Å². The smallest absolute Gasteiger partial charge is 0.0966 e. The quantitative estimate of drug-likeness (QED) is 0.624. The van der Waals surface area contributed by atoms with Crippen LogP contribution in [0.3, 0.4) is 0 Å². The summed E-state index contributed by atoms with van der Waals surface area (Å²) in [5.41, 5.74) is 2.10. The standard InChI is InChI=1S/C12H12N2/c1-14(2)12-8-6-11(7-9-12)5-3-4-10-13/h6-9H,4H2,1-2H3. The minimum atomic E-state index is 0.287. The Morgan fingerprint density at radius 1 is 1.21 bits per heavy atom. The van der Waals surface area contributed by atoms with E-state index >= 15 is 0 Å². The lowest BCUT2D eigenvalue weighted by molar-refractivity contribution is 1.13. The number of nitriles is 1. The highest BCUT2D eigenvalue weighted by Gasteiger charge is 1.92. The summed E-state index contributed by atoms with van der Waals surface area (Å²) in [6.07, 6.45) is 0.287. The molecule has 0 heterocycles. The summed E-state index contributed by atoms with van der Waals surface area (Å²) in [6.45, 7) is 0. The van der Waals surface area contributed by atoms with Crippen LogP contribution in [0.5, 0.6) is 0 Å². The first-order chi connectivity index (χ1) is 6.74. The summed E-state index contributed by atoms with van der Waals surface area (Å²) in [5, 5.41) is 8.30. The van der Waals surface area contributed by atoms with Crippen LogP contribution in [0, 0.1) is 23.2 Å². The molecule has 70 valence electrons. The minimum absolute atomic E-state index is 0.287. The first-order valence-corrected chi connectivity index (χ1v) is 4.37. The van der Waals surface area contributed by atoms with Gasteiger partial charge in [0.1, 0.15) is 0 Å². The Morgan fingerprint density at radius 2 is 1.86 bits per heavy atom. The summed E-state index contributed by atoms with van der Waals surface area (Å²) < 4.78 is 0. The molecule has 2 heteroatoms. The lowest BCUT2D eigenvalue weighted by Gasteiger charge is -2.11. The number of anilines is 1. The zero-order valence-electron chi connectivity index (χ0n) is 8.41. The molecule has 0 amide bonds. The molecule has 14 heavy (non-hydrogen) atoms. The van der Waals surface area contributed by atoms with E-state index < -0.39 is 0 Å². The molecule has 0 radical (unpaired) electrons. The van der Waals surface area contributed by atoms with E-state index in [2.05, 4.69) is 11.8 Å². The summed E-state index contributed by atoms with van der Waals surface area (Å²) in [6, 6.07) is 9.92. The van der Waals surface area contributed by atoms with Crippen molar-refractivity contribution in [2.75, 3.05) is 19.0 Å². The molecule has 0 bridgehead atoms. The highest BCUT2D eigenvalue weighted by Crippen LogP contribution is 2.11. The van der Waals surface area contributed by atoms with Crippen LogP contribution in [0.15, 0.2) is 24.3 Å². The number of rotatable bonds is 1. The molecule has 0 saturated carbocycles. The maximum Gasteiger partial charge on any atom is 0.0966 e. The Bertz CT molecular complexity index is 385. The van der Waals surface area contributed by atoms with Gasteiger partial charge in [-0.25, -0.2) is 0 Å². The predicted octanol–water partition coefficient (Wildman–Crippen LogP) is 2.02. The van der Waals surface area contributed by atoms with Gasteiger partial charge in [0.15, 0.2) is 0 Å². The van der Waals surface area contributed by atoms with Crippen molar-refractivity contribution < 1.29 is 0 Å². The number of nitrogens with zero attached hydrogens (tertiary/aromatic N) is 2. The monoisotopic (exact) mass is 184 g/mol. The van der Waals surface area contributed by atoms with Gasteiger partial charge in [0, 0.05) is 25.3 Å². The Morgan fingerprint density at radius 3 is 2.36 bits per heavy atom. The lowest BCUT2D eigenvalue weighted by Crippen LogP contribution is -2.07. The third-order valence-corrected chi connectivity index (χ3v) is 1.78. The maximum atomic E-state index is 8.30. The highest BCUT2D eigenvalue weighted by atomic mass is 15.1. The van der Waals surface area contributed by atoms with Crippen molar-refractivity contribution in [1.82, 2.24) is 0 Å². The van der Waals surface area contributed by atoms with Crippen molar-refractivity contribution in [3.05, 3.63) is 29.8 Å². The van der Waals surface area contributed by atoms with Gasteiger partial charge in [-0.05, 0) is 24.3 Å². The normalized spacial score (nSPS) is 8.36. The van der Waals surface area contributed by atoms with Crippen molar-refractivity contribution in [1.29, 1.82) is 5.26 Å². The molecule has 0 N–H and O–H groups in total. The third kappa shape index (κ3) is 2.84. The van der Waals surface area contributed by atoms with Crippen molar-refractivity contribution in [2.45, 2.75) is 6.42 Å². The lowest BCUT2D eigenvalue weighted by atomic mass is 10.2. The van der Waals surface area contributed by atoms with Gasteiger partial charge in [0.2, 0.25) is 0 Å². The van der Waals surface area contributed by atoms with E-state index in [0.717, 1.165) is 11.3 Å². The van der Waals surface area contributed by atoms with Gasteiger partial charge in [-0.2, -0.15) is 5.26 Å². The van der Waals surface area contributed by atoms with E-state index in [4.69, 9.17) is 5.26 Å². The van der Waals surface area contributed by atoms with Crippen molar-refractivity contribution in [3.8, 4) is 17.9 Å². The van der Waals surface area contributed by atoms with Crippen LogP contribution < -0.4 is 4.90 Å². The van der Waals surface area contributed by atoms with Crippen molar-refractivity contribution in [3.63, 3.8) is 0 Å². The molecule has 0 saturated heterocycles. The van der Waals surface area contributed by atoms with Gasteiger partial charge in [-0.15, -0.1) is 0 Å². The second kappa shape index (κ2) is 4.94. The van der Waals surface area contributed by atoms with Gasteiger partial charge in [-0.1, -0.05) is 11.8 Å². The second-order valence-electron chi connectivity index (χ2n) is 3.08. The van der Waals surface area contributed by atoms with Gasteiger partial charge in [0.05, 0.1) is 12.5 Å². The zero-order valence-corrected chi connectivity index (χ0v) is 8.41. The largest absolute Gasteiger partial charge is 0.378 e. The number of benzene rings is 1. The molecule has 0 spiro atoms. The van der Waals surface area contributed by atoms with Crippen LogP contribution in [0.25, 0.3) is 0 Å². The molecular formula is C12H12N2. The molecule has 2 nitrogen and oxygen atoms in total. The summed E-state index contributed by atoms with van der Waals surface area (Å²) in [5.74, 6) is 5.70. The van der Waals surface area contributed by atoms with Gasteiger partial charge < -0.3 is 4.90 Å². The van der Waals surface area contributed by atoms with E-state index in [1.54, 1.807) is 0 Å². The molecule has 0 aliphatic carbocycles. The highest BCUT2D eigenvalue weighted by molar-refractivity contribution is 5.49. The fourth-order valence-electron chi connectivity index (χ4n) is 1.03. The Labute approximate surface area is 84.8 Å². The van der Waals surface area contributed by atoms with E-state index in [0.29, 0.717) is 0 Å². The predicted molar refractivity (Wildman–Crippen MR) is 57.9 cm³/mol. The SMILES string of the molecule is CN(C)c1ccc(C#CCC#N)cc1. The first-order valence-electron chi connectivity index (χ1n) is 4.37. The summed E-state index contributed by atoms with van der Waals surface area (Å²) in [4.78, 5) is 2.03. The summed E-state index contributed by atoms with van der Waals surface area (Å²) in [7, 11) is 3.99. The summed E-state index contributed by atoms with van der Waals surface area (Å²) >= 11 is 0. The van der Waals surface area contributed by atoms with Crippen molar-refractivity contribution in [2.24, 2.45) is 0 Å².